The van der Waals surface area contributed by atoms with E-state index in [1.54, 1.807) is 49.5 Å². The molecule has 0 unspecified atom stereocenters. The molecule has 0 radical (unpaired) electrons. The van der Waals surface area contributed by atoms with Crippen molar-refractivity contribution in [2.75, 3.05) is 11.5 Å². The summed E-state index contributed by atoms with van der Waals surface area (Å²) in [6.07, 6.45) is 2.52. The highest BCUT2D eigenvalue weighted by atomic mass is 16.5. The lowest BCUT2D eigenvalue weighted by Crippen LogP contribution is -2.54. The van der Waals surface area contributed by atoms with Crippen molar-refractivity contribution in [1.29, 1.82) is 0 Å². The van der Waals surface area contributed by atoms with E-state index < -0.39 is 23.2 Å². The highest BCUT2D eigenvalue weighted by Crippen LogP contribution is 2.63. The van der Waals surface area contributed by atoms with Crippen molar-refractivity contribution >= 4 is 29.6 Å². The molecule has 1 fully saturated rings. The van der Waals surface area contributed by atoms with Crippen LogP contribution in [0.3, 0.4) is 0 Å². The van der Waals surface area contributed by atoms with Crippen LogP contribution >= 0.6 is 0 Å². The minimum Gasteiger partial charge on any atom is -0.494 e. The second-order valence-corrected chi connectivity index (χ2v) is 11.0. The molecular formula is C34H29N3O5. The Bertz CT molecular complexity index is 1710. The maximum Gasteiger partial charge on any atom is 0.307 e. The van der Waals surface area contributed by atoms with E-state index >= 15 is 0 Å². The Morgan fingerprint density at radius 1 is 0.952 bits per heavy atom. The number of imide groups is 1. The molecule has 4 aromatic rings. The molecular weight excluding hydrogens is 530 g/mol. The first-order chi connectivity index (χ1) is 20.5. The second-order valence-electron chi connectivity index (χ2n) is 11.0. The van der Waals surface area contributed by atoms with Gasteiger partial charge in [0.05, 0.1) is 29.5 Å². The minimum atomic E-state index is -1.08. The SMILES string of the molecule is CCCOc1ccc(N2C(=O)[C@@H]3C4c5ccccc5C(/C=N\NC(=O)c5ccc(C)o5)(c5ccccc54)[C@H]3C2=O)cc1. The largest absolute Gasteiger partial charge is 0.494 e. The van der Waals surface area contributed by atoms with Gasteiger partial charge in [0, 0.05) is 12.1 Å². The van der Waals surface area contributed by atoms with Gasteiger partial charge >= 0.3 is 5.91 Å². The maximum atomic E-state index is 14.5. The summed E-state index contributed by atoms with van der Waals surface area (Å²) in [5, 5.41) is 4.42. The zero-order valence-electron chi connectivity index (χ0n) is 23.2. The number of anilines is 1. The summed E-state index contributed by atoms with van der Waals surface area (Å²) in [6, 6.07) is 26.2. The topological polar surface area (TPSA) is 101 Å². The van der Waals surface area contributed by atoms with Crippen LogP contribution in [0.1, 0.15) is 57.8 Å². The fraction of sp³-hybridized carbons (Fsp3) is 0.235. The number of hydrazone groups is 1. The number of carbonyl (C=O) groups is 3. The van der Waals surface area contributed by atoms with Crippen LogP contribution < -0.4 is 15.1 Å². The average Bonchev–Trinajstić information content (AvgIpc) is 3.57. The van der Waals surface area contributed by atoms with Crippen LogP contribution in [0, 0.1) is 18.8 Å². The molecule has 2 atom stereocenters. The van der Waals surface area contributed by atoms with Crippen molar-refractivity contribution in [3.63, 3.8) is 0 Å². The molecule has 42 heavy (non-hydrogen) atoms. The molecule has 4 aliphatic rings. The fourth-order valence-electron chi connectivity index (χ4n) is 7.02. The molecule has 210 valence electrons. The van der Waals surface area contributed by atoms with Crippen molar-refractivity contribution < 1.29 is 23.5 Å². The van der Waals surface area contributed by atoms with Gasteiger partial charge in [-0.15, -0.1) is 0 Å². The van der Waals surface area contributed by atoms with Crippen LogP contribution in [0.2, 0.25) is 0 Å². The lowest BCUT2D eigenvalue weighted by molar-refractivity contribution is -0.122. The summed E-state index contributed by atoms with van der Waals surface area (Å²) in [7, 11) is 0. The molecule has 1 saturated heterocycles. The number of benzene rings is 3. The molecule has 8 heteroatoms. The van der Waals surface area contributed by atoms with E-state index in [0.29, 0.717) is 23.8 Å². The van der Waals surface area contributed by atoms with Crippen LogP contribution in [0.15, 0.2) is 94.4 Å². The number of ether oxygens (including phenoxy) is 1. The van der Waals surface area contributed by atoms with Gasteiger partial charge in [0.1, 0.15) is 11.5 Å². The predicted octanol–water partition coefficient (Wildman–Crippen LogP) is 5.34. The number of hydrogen-bond acceptors (Lipinski definition) is 6. The molecule has 3 aromatic carbocycles. The van der Waals surface area contributed by atoms with Crippen molar-refractivity contribution in [1.82, 2.24) is 5.43 Å². The van der Waals surface area contributed by atoms with E-state index in [1.165, 1.54) is 4.90 Å². The summed E-state index contributed by atoms with van der Waals surface area (Å²) >= 11 is 0. The minimum absolute atomic E-state index is 0.137. The normalized spacial score (nSPS) is 23.6. The highest BCUT2D eigenvalue weighted by Gasteiger charge is 2.68. The summed E-state index contributed by atoms with van der Waals surface area (Å²) < 4.78 is 11.2. The van der Waals surface area contributed by atoms with Crippen molar-refractivity contribution in [2.45, 2.75) is 31.6 Å². The third kappa shape index (κ3) is 3.67. The molecule has 3 amide bonds. The second kappa shape index (κ2) is 9.83. The third-order valence-electron chi connectivity index (χ3n) is 8.65. The van der Waals surface area contributed by atoms with Crippen molar-refractivity contribution in [2.24, 2.45) is 16.9 Å². The van der Waals surface area contributed by atoms with Crippen LogP contribution in [0.5, 0.6) is 5.75 Å². The summed E-state index contributed by atoms with van der Waals surface area (Å²) in [4.78, 5) is 42.9. The number of furan rings is 1. The number of nitrogens with zero attached hydrogens (tertiary/aromatic N) is 2. The van der Waals surface area contributed by atoms with E-state index in [1.807, 2.05) is 55.5 Å². The van der Waals surface area contributed by atoms with Crippen molar-refractivity contribution in [3.05, 3.63) is 119 Å². The molecule has 2 bridgehead atoms. The summed E-state index contributed by atoms with van der Waals surface area (Å²) in [5.74, 6) is -1.27. The van der Waals surface area contributed by atoms with Crippen LogP contribution in [0.25, 0.3) is 0 Å². The number of nitrogens with one attached hydrogen (secondary N) is 1. The molecule has 0 saturated carbocycles. The van der Waals surface area contributed by atoms with E-state index in [9.17, 15) is 14.4 Å². The first-order valence-corrected chi connectivity index (χ1v) is 14.2. The van der Waals surface area contributed by atoms with E-state index in [0.717, 1.165) is 28.7 Å². The Morgan fingerprint density at radius 3 is 2.24 bits per heavy atom. The van der Waals surface area contributed by atoms with Crippen LogP contribution in [-0.4, -0.2) is 30.5 Å². The smallest absolute Gasteiger partial charge is 0.307 e. The zero-order valence-corrected chi connectivity index (χ0v) is 23.2. The molecule has 3 aliphatic carbocycles. The predicted molar refractivity (Wildman–Crippen MR) is 157 cm³/mol. The fourth-order valence-corrected chi connectivity index (χ4v) is 7.02. The first kappa shape index (κ1) is 26.0. The number of aryl methyl sites for hydroxylation is 1. The molecule has 2 heterocycles. The molecule has 1 N–H and O–H groups in total. The Balaban J connectivity index is 1.35. The van der Waals surface area contributed by atoms with Gasteiger partial charge in [-0.1, -0.05) is 55.5 Å². The lowest BCUT2D eigenvalue weighted by Gasteiger charge is -2.52. The Kier molecular flexibility index (Phi) is 6.08. The monoisotopic (exact) mass is 559 g/mol. The van der Waals surface area contributed by atoms with Gasteiger partial charge in [0.25, 0.3) is 0 Å². The van der Waals surface area contributed by atoms with E-state index in [2.05, 4.69) is 10.5 Å². The van der Waals surface area contributed by atoms with Gasteiger partial charge in [0.2, 0.25) is 11.8 Å². The quantitative estimate of drug-likeness (QED) is 0.187. The molecule has 8 nitrogen and oxygen atoms in total. The number of amides is 3. The standard InChI is InChI=1S/C34H29N3O5/c1-3-18-41-22-15-13-21(14-16-22)37-32(39)29-28-23-8-4-6-10-25(23)34(30(29)33(37)40,26-11-7-5-9-24(26)28)19-35-36-31(38)27-17-12-20(2)42-27/h4-17,19,28-30H,3,18H2,1-2H3,(H,36,38)/b35-19-/t28?,29-,30-,34?/m1/s1. The maximum absolute atomic E-state index is 14.5. The summed E-state index contributed by atoms with van der Waals surface area (Å²) in [6.45, 7) is 4.37. The van der Waals surface area contributed by atoms with Crippen LogP contribution in [0.4, 0.5) is 5.69 Å². The number of carbonyl (C=O) groups excluding carboxylic acids is 3. The molecule has 0 spiro atoms. The first-order valence-electron chi connectivity index (χ1n) is 14.2. The van der Waals surface area contributed by atoms with E-state index in [-0.39, 0.29) is 23.5 Å². The lowest BCUT2D eigenvalue weighted by atomic mass is 9.47. The van der Waals surface area contributed by atoms with Gasteiger partial charge in [0.15, 0.2) is 5.76 Å². The third-order valence-corrected chi connectivity index (χ3v) is 8.65. The van der Waals surface area contributed by atoms with E-state index in [4.69, 9.17) is 9.15 Å². The number of rotatable bonds is 7. The average molecular weight is 560 g/mol. The molecule has 1 aromatic heterocycles. The van der Waals surface area contributed by atoms with Gasteiger partial charge < -0.3 is 9.15 Å². The Labute approximate surface area is 243 Å². The number of hydrogen-bond donors (Lipinski definition) is 1. The van der Waals surface area contributed by atoms with Gasteiger partial charge in [-0.25, -0.2) is 10.3 Å². The van der Waals surface area contributed by atoms with Crippen molar-refractivity contribution in [3.8, 4) is 5.75 Å². The zero-order chi connectivity index (χ0) is 29.0. The van der Waals surface area contributed by atoms with Gasteiger partial charge in [-0.2, -0.15) is 5.10 Å². The highest BCUT2D eigenvalue weighted by molar-refractivity contribution is 6.25. The van der Waals surface area contributed by atoms with Gasteiger partial charge in [-0.3, -0.25) is 14.4 Å². The Hall–Kier alpha value is -4.98. The molecule has 1 aliphatic heterocycles. The van der Waals surface area contributed by atoms with Gasteiger partial charge in [-0.05, 0) is 72.0 Å². The molecule has 8 rings (SSSR count). The summed E-state index contributed by atoms with van der Waals surface area (Å²) in [5.41, 5.74) is 5.81. The van der Waals surface area contributed by atoms with Crippen LogP contribution in [-0.2, 0) is 15.0 Å². The Morgan fingerprint density at radius 2 is 1.62 bits per heavy atom.